The van der Waals surface area contributed by atoms with Gasteiger partial charge in [0.1, 0.15) is 5.69 Å². The average molecular weight is 399 g/mol. The quantitative estimate of drug-likeness (QED) is 0.252. The number of benzene rings is 2. The molecule has 2 aromatic carbocycles. The van der Waals surface area contributed by atoms with Gasteiger partial charge in [0.05, 0.1) is 12.0 Å². The van der Waals surface area contributed by atoms with E-state index in [1.165, 1.54) is 18.5 Å². The van der Waals surface area contributed by atoms with E-state index in [4.69, 9.17) is 0 Å². The molecule has 0 spiro atoms. The van der Waals surface area contributed by atoms with Crippen LogP contribution in [-0.2, 0) is 0 Å². The van der Waals surface area contributed by atoms with Crippen molar-refractivity contribution in [1.29, 1.82) is 0 Å². The van der Waals surface area contributed by atoms with Gasteiger partial charge in [0.25, 0.3) is 0 Å². The SMILES string of the molecule is CCN(C)C=Nc1cc(C)c(N(C)c2ccccc2SC(F)(F)F)cc1F. The van der Waals surface area contributed by atoms with Crippen LogP contribution in [0.15, 0.2) is 46.3 Å². The molecule has 0 radical (unpaired) electrons. The van der Waals surface area contributed by atoms with Crippen LogP contribution in [0.5, 0.6) is 0 Å². The number of aryl methyl sites for hydroxylation is 1. The Morgan fingerprint density at radius 3 is 2.41 bits per heavy atom. The first-order valence-electron chi connectivity index (χ1n) is 8.25. The normalized spacial score (nSPS) is 11.9. The minimum atomic E-state index is -4.40. The van der Waals surface area contributed by atoms with Crippen molar-refractivity contribution in [3.05, 3.63) is 47.8 Å². The Morgan fingerprint density at radius 2 is 1.78 bits per heavy atom. The van der Waals surface area contributed by atoms with Crippen LogP contribution in [0.25, 0.3) is 0 Å². The fourth-order valence-electron chi connectivity index (χ4n) is 2.43. The fourth-order valence-corrected chi connectivity index (χ4v) is 3.14. The number of rotatable bonds is 6. The van der Waals surface area contributed by atoms with Gasteiger partial charge < -0.3 is 9.80 Å². The van der Waals surface area contributed by atoms with Gasteiger partial charge in [-0.05, 0) is 49.4 Å². The lowest BCUT2D eigenvalue weighted by Crippen LogP contribution is -2.14. The predicted molar refractivity (Wildman–Crippen MR) is 104 cm³/mol. The van der Waals surface area contributed by atoms with Gasteiger partial charge >= 0.3 is 5.51 Å². The Hall–Kier alpha value is -2.22. The van der Waals surface area contributed by atoms with Gasteiger partial charge in [-0.3, -0.25) is 0 Å². The number of alkyl halides is 3. The lowest BCUT2D eigenvalue weighted by atomic mass is 10.1. The third-order valence-corrected chi connectivity index (χ3v) is 4.77. The molecule has 0 N–H and O–H groups in total. The van der Waals surface area contributed by atoms with Crippen LogP contribution >= 0.6 is 11.8 Å². The molecule has 0 aromatic heterocycles. The number of nitrogens with zero attached hydrogens (tertiary/aromatic N) is 3. The van der Waals surface area contributed by atoms with E-state index < -0.39 is 11.3 Å². The molecule has 146 valence electrons. The third-order valence-electron chi connectivity index (χ3n) is 3.97. The van der Waals surface area contributed by atoms with Gasteiger partial charge in [0.15, 0.2) is 5.82 Å². The maximum atomic E-state index is 14.5. The zero-order valence-corrected chi connectivity index (χ0v) is 16.3. The molecule has 2 aromatic rings. The average Bonchev–Trinajstić information content (AvgIpc) is 2.60. The van der Waals surface area contributed by atoms with E-state index in [9.17, 15) is 17.6 Å². The predicted octanol–water partition coefficient (Wildman–Crippen LogP) is 6.13. The minimum Gasteiger partial charge on any atom is -0.366 e. The van der Waals surface area contributed by atoms with E-state index in [0.29, 0.717) is 16.9 Å². The van der Waals surface area contributed by atoms with Gasteiger partial charge in [0, 0.05) is 37.3 Å². The van der Waals surface area contributed by atoms with Gasteiger partial charge in [0.2, 0.25) is 0 Å². The number of aliphatic imine (C=N–C) groups is 1. The summed E-state index contributed by atoms with van der Waals surface area (Å²) in [5.41, 5.74) is -2.68. The first kappa shape index (κ1) is 21.1. The second-order valence-electron chi connectivity index (χ2n) is 5.98. The van der Waals surface area contributed by atoms with E-state index in [2.05, 4.69) is 4.99 Å². The molecule has 0 aliphatic rings. The summed E-state index contributed by atoms with van der Waals surface area (Å²) in [5, 5.41) is 0. The number of halogens is 4. The van der Waals surface area contributed by atoms with E-state index >= 15 is 0 Å². The molecule has 0 amide bonds. The second-order valence-corrected chi connectivity index (χ2v) is 7.09. The Morgan fingerprint density at radius 1 is 1.11 bits per heavy atom. The van der Waals surface area contributed by atoms with Crippen molar-refractivity contribution in [2.24, 2.45) is 4.99 Å². The fraction of sp³-hybridized carbons (Fsp3) is 0.316. The van der Waals surface area contributed by atoms with Crippen LogP contribution in [0.1, 0.15) is 12.5 Å². The van der Waals surface area contributed by atoms with Gasteiger partial charge in [-0.1, -0.05) is 12.1 Å². The van der Waals surface area contributed by atoms with Crippen LogP contribution in [0.4, 0.5) is 34.6 Å². The molecular weight excluding hydrogens is 378 g/mol. The molecule has 0 saturated carbocycles. The van der Waals surface area contributed by atoms with Crippen LogP contribution in [0.2, 0.25) is 0 Å². The third kappa shape index (κ3) is 5.63. The monoisotopic (exact) mass is 399 g/mol. The summed E-state index contributed by atoms with van der Waals surface area (Å²) in [6, 6.07) is 9.05. The second kappa shape index (κ2) is 8.65. The van der Waals surface area contributed by atoms with Crippen molar-refractivity contribution in [2.75, 3.05) is 25.5 Å². The Kier molecular flexibility index (Phi) is 6.75. The molecule has 0 aliphatic heterocycles. The molecule has 27 heavy (non-hydrogen) atoms. The lowest BCUT2D eigenvalue weighted by molar-refractivity contribution is -0.0328. The molecule has 0 fully saturated rings. The Labute approximate surface area is 160 Å². The van der Waals surface area contributed by atoms with Crippen molar-refractivity contribution < 1.29 is 17.6 Å². The van der Waals surface area contributed by atoms with E-state index in [1.54, 1.807) is 48.0 Å². The Balaban J connectivity index is 2.39. The van der Waals surface area contributed by atoms with E-state index in [-0.39, 0.29) is 22.3 Å². The summed E-state index contributed by atoms with van der Waals surface area (Å²) in [7, 11) is 3.44. The van der Waals surface area contributed by atoms with Crippen molar-refractivity contribution in [2.45, 2.75) is 24.3 Å². The Bertz CT molecular complexity index is 821. The highest BCUT2D eigenvalue weighted by atomic mass is 32.2. The van der Waals surface area contributed by atoms with Crippen LogP contribution in [0.3, 0.4) is 0 Å². The molecule has 0 bridgehead atoms. The summed E-state index contributed by atoms with van der Waals surface area (Å²) in [4.78, 5) is 7.54. The lowest BCUT2D eigenvalue weighted by Gasteiger charge is -2.24. The molecule has 0 atom stereocenters. The van der Waals surface area contributed by atoms with Gasteiger partial charge in [-0.15, -0.1) is 0 Å². The molecule has 3 nitrogen and oxygen atoms in total. The van der Waals surface area contributed by atoms with Gasteiger partial charge in [-0.2, -0.15) is 13.2 Å². The summed E-state index contributed by atoms with van der Waals surface area (Å²) in [6.07, 6.45) is 1.54. The first-order valence-corrected chi connectivity index (χ1v) is 9.07. The van der Waals surface area contributed by atoms with Crippen molar-refractivity contribution >= 4 is 35.2 Å². The standard InChI is InChI=1S/C19H21F4N3S/c1-5-25(3)12-24-15-10-13(2)17(11-14(15)20)26(4)16-8-6-7-9-18(16)27-19(21,22)23/h6-12H,5H2,1-4H3. The molecule has 8 heteroatoms. The van der Waals surface area contributed by atoms with Crippen LogP contribution < -0.4 is 4.90 Å². The first-order chi connectivity index (χ1) is 12.6. The number of anilines is 2. The molecular formula is C19H21F4N3S. The topological polar surface area (TPSA) is 18.8 Å². The number of hydrogen-bond acceptors (Lipinski definition) is 3. The maximum Gasteiger partial charge on any atom is 0.446 e. The highest BCUT2D eigenvalue weighted by Crippen LogP contribution is 2.43. The van der Waals surface area contributed by atoms with Crippen molar-refractivity contribution in [1.82, 2.24) is 4.90 Å². The molecule has 0 unspecified atom stereocenters. The van der Waals surface area contributed by atoms with Gasteiger partial charge in [-0.25, -0.2) is 9.38 Å². The maximum absolute atomic E-state index is 14.5. The number of para-hydroxylation sites is 1. The highest BCUT2D eigenvalue weighted by molar-refractivity contribution is 8.00. The molecule has 0 heterocycles. The van der Waals surface area contributed by atoms with Crippen LogP contribution in [0, 0.1) is 12.7 Å². The summed E-state index contributed by atoms with van der Waals surface area (Å²) in [5.74, 6) is -0.538. The molecule has 0 saturated heterocycles. The summed E-state index contributed by atoms with van der Waals surface area (Å²) in [6.45, 7) is 4.45. The van der Waals surface area contributed by atoms with Crippen molar-refractivity contribution in [3.8, 4) is 0 Å². The summed E-state index contributed by atoms with van der Waals surface area (Å²) >= 11 is -0.187. The zero-order valence-electron chi connectivity index (χ0n) is 15.5. The smallest absolute Gasteiger partial charge is 0.366 e. The molecule has 0 aliphatic carbocycles. The summed E-state index contributed by atoms with van der Waals surface area (Å²) < 4.78 is 53.0. The van der Waals surface area contributed by atoms with E-state index in [0.717, 1.165) is 6.54 Å². The van der Waals surface area contributed by atoms with Crippen LogP contribution in [-0.4, -0.2) is 37.4 Å². The molecule has 2 rings (SSSR count). The zero-order chi connectivity index (χ0) is 20.2. The largest absolute Gasteiger partial charge is 0.446 e. The number of thioether (sulfide) groups is 1. The number of hydrogen-bond donors (Lipinski definition) is 0. The van der Waals surface area contributed by atoms with E-state index in [1.807, 2.05) is 14.0 Å². The highest BCUT2D eigenvalue weighted by Gasteiger charge is 2.31. The minimum absolute atomic E-state index is 0.0546. The van der Waals surface area contributed by atoms with Crippen molar-refractivity contribution in [3.63, 3.8) is 0 Å².